The van der Waals surface area contributed by atoms with Crippen LogP contribution >= 0.6 is 0 Å². The van der Waals surface area contributed by atoms with Gasteiger partial charge in [0.1, 0.15) is 6.07 Å². The number of hydrogen-bond donors (Lipinski definition) is 0. The Morgan fingerprint density at radius 3 is 2.73 bits per heavy atom. The van der Waals surface area contributed by atoms with Crippen LogP contribution in [0.1, 0.15) is 25.3 Å². The average molecular weight is 200 g/mol. The van der Waals surface area contributed by atoms with Crippen LogP contribution in [0.4, 0.5) is 5.69 Å². The Labute approximate surface area is 91.1 Å². The molecule has 1 fully saturated rings. The second-order valence-electron chi connectivity index (χ2n) is 4.11. The largest absolute Gasteiger partial charge is 0.370 e. The zero-order chi connectivity index (χ0) is 10.7. The van der Waals surface area contributed by atoms with Gasteiger partial charge in [-0.3, -0.25) is 0 Å². The van der Waals surface area contributed by atoms with Crippen LogP contribution in [0.3, 0.4) is 0 Å². The molecule has 1 aromatic carbocycles. The highest BCUT2D eigenvalue weighted by Crippen LogP contribution is 2.32. The van der Waals surface area contributed by atoms with Crippen LogP contribution in [0.5, 0.6) is 0 Å². The normalized spacial score (nSPS) is 14.7. The number of nitriles is 1. The summed E-state index contributed by atoms with van der Waals surface area (Å²) in [5.41, 5.74) is 1.88. The standard InChI is InChI=1S/C13H16N2/c1-2-15(10-11-7-8-11)13-6-4-3-5-12(13)9-14/h3-6,11H,2,7-8,10H2,1H3. The molecule has 0 atom stereocenters. The number of hydrogen-bond acceptors (Lipinski definition) is 2. The second kappa shape index (κ2) is 4.35. The summed E-state index contributed by atoms with van der Waals surface area (Å²) in [6.45, 7) is 4.24. The molecule has 0 unspecified atom stereocenters. The lowest BCUT2D eigenvalue weighted by atomic mass is 10.1. The van der Waals surface area contributed by atoms with Crippen LogP contribution in [0.15, 0.2) is 24.3 Å². The van der Waals surface area contributed by atoms with Gasteiger partial charge < -0.3 is 4.90 Å². The fourth-order valence-corrected chi connectivity index (χ4v) is 1.85. The highest BCUT2D eigenvalue weighted by molar-refractivity contribution is 5.59. The van der Waals surface area contributed by atoms with Gasteiger partial charge in [0.15, 0.2) is 0 Å². The summed E-state index contributed by atoms with van der Waals surface area (Å²) < 4.78 is 0. The van der Waals surface area contributed by atoms with E-state index in [9.17, 15) is 0 Å². The minimum Gasteiger partial charge on any atom is -0.370 e. The first kappa shape index (κ1) is 10.0. The molecule has 2 nitrogen and oxygen atoms in total. The van der Waals surface area contributed by atoms with Gasteiger partial charge in [0.2, 0.25) is 0 Å². The summed E-state index contributed by atoms with van der Waals surface area (Å²) in [7, 11) is 0. The molecular formula is C13H16N2. The number of anilines is 1. The maximum absolute atomic E-state index is 9.04. The third-order valence-electron chi connectivity index (χ3n) is 2.92. The van der Waals surface area contributed by atoms with Crippen LogP contribution in [-0.2, 0) is 0 Å². The molecule has 0 N–H and O–H groups in total. The molecule has 0 bridgehead atoms. The summed E-state index contributed by atoms with van der Waals surface area (Å²) in [6.07, 6.45) is 2.70. The first-order chi connectivity index (χ1) is 7.35. The van der Waals surface area contributed by atoms with E-state index in [0.717, 1.165) is 30.3 Å². The number of rotatable bonds is 4. The van der Waals surface area contributed by atoms with Crippen molar-refractivity contribution in [3.05, 3.63) is 29.8 Å². The van der Waals surface area contributed by atoms with Gasteiger partial charge in [-0.1, -0.05) is 12.1 Å². The Morgan fingerprint density at radius 1 is 1.40 bits per heavy atom. The van der Waals surface area contributed by atoms with Gasteiger partial charge in [-0.05, 0) is 37.8 Å². The Hall–Kier alpha value is -1.49. The van der Waals surface area contributed by atoms with Crippen LogP contribution < -0.4 is 4.90 Å². The minimum atomic E-state index is 0.792. The molecular weight excluding hydrogens is 184 g/mol. The van der Waals surface area contributed by atoms with E-state index in [4.69, 9.17) is 5.26 Å². The van der Waals surface area contributed by atoms with E-state index < -0.39 is 0 Å². The van der Waals surface area contributed by atoms with Gasteiger partial charge in [-0.25, -0.2) is 0 Å². The molecule has 0 spiro atoms. The molecule has 1 saturated carbocycles. The van der Waals surface area contributed by atoms with Gasteiger partial charge in [-0.2, -0.15) is 5.26 Å². The van der Waals surface area contributed by atoms with Crippen molar-refractivity contribution in [3.63, 3.8) is 0 Å². The number of nitrogens with zero attached hydrogens (tertiary/aromatic N) is 2. The van der Waals surface area contributed by atoms with Crippen molar-refractivity contribution >= 4 is 5.69 Å². The molecule has 0 heterocycles. The Balaban J connectivity index is 2.20. The van der Waals surface area contributed by atoms with Crippen LogP contribution in [0.2, 0.25) is 0 Å². The number of benzene rings is 1. The predicted octanol–water partition coefficient (Wildman–Crippen LogP) is 2.79. The molecule has 1 aliphatic carbocycles. The Bertz CT molecular complexity index is 374. The van der Waals surface area contributed by atoms with E-state index in [-0.39, 0.29) is 0 Å². The van der Waals surface area contributed by atoms with E-state index in [1.807, 2.05) is 24.3 Å². The van der Waals surface area contributed by atoms with Gasteiger partial charge in [0.05, 0.1) is 11.3 Å². The first-order valence-electron chi connectivity index (χ1n) is 5.59. The topological polar surface area (TPSA) is 27.0 Å². The summed E-state index contributed by atoms with van der Waals surface area (Å²) in [6, 6.07) is 10.1. The Morgan fingerprint density at radius 2 is 2.13 bits per heavy atom. The summed E-state index contributed by atoms with van der Waals surface area (Å²) in [5.74, 6) is 0.858. The molecule has 0 aromatic heterocycles. The molecule has 0 saturated heterocycles. The van der Waals surface area contributed by atoms with E-state index >= 15 is 0 Å². The van der Waals surface area contributed by atoms with E-state index in [0.29, 0.717) is 0 Å². The van der Waals surface area contributed by atoms with E-state index in [2.05, 4.69) is 17.9 Å². The second-order valence-corrected chi connectivity index (χ2v) is 4.11. The van der Waals surface area contributed by atoms with E-state index in [1.165, 1.54) is 12.8 Å². The lowest BCUT2D eigenvalue weighted by Crippen LogP contribution is -2.25. The molecule has 2 rings (SSSR count). The zero-order valence-corrected chi connectivity index (χ0v) is 9.11. The van der Waals surface area contributed by atoms with Crippen molar-refractivity contribution < 1.29 is 0 Å². The molecule has 0 amide bonds. The highest BCUT2D eigenvalue weighted by Gasteiger charge is 2.24. The Kier molecular flexibility index (Phi) is 2.91. The van der Waals surface area contributed by atoms with Gasteiger partial charge >= 0.3 is 0 Å². The summed E-state index contributed by atoms with van der Waals surface area (Å²) >= 11 is 0. The van der Waals surface area contributed by atoms with E-state index in [1.54, 1.807) is 0 Å². The van der Waals surface area contributed by atoms with Crippen molar-refractivity contribution in [1.29, 1.82) is 5.26 Å². The van der Waals surface area contributed by atoms with Crippen LogP contribution in [-0.4, -0.2) is 13.1 Å². The zero-order valence-electron chi connectivity index (χ0n) is 9.11. The maximum Gasteiger partial charge on any atom is 0.101 e. The number of para-hydroxylation sites is 1. The highest BCUT2D eigenvalue weighted by atomic mass is 15.1. The fourth-order valence-electron chi connectivity index (χ4n) is 1.85. The van der Waals surface area contributed by atoms with Gasteiger partial charge in [-0.15, -0.1) is 0 Å². The lowest BCUT2D eigenvalue weighted by Gasteiger charge is -2.23. The molecule has 0 radical (unpaired) electrons. The SMILES string of the molecule is CCN(CC1CC1)c1ccccc1C#N. The monoisotopic (exact) mass is 200 g/mol. The molecule has 1 aromatic rings. The van der Waals surface area contributed by atoms with Gasteiger partial charge in [0.25, 0.3) is 0 Å². The maximum atomic E-state index is 9.04. The third kappa shape index (κ3) is 2.30. The lowest BCUT2D eigenvalue weighted by molar-refractivity contribution is 0.741. The van der Waals surface area contributed by atoms with Crippen LogP contribution in [0.25, 0.3) is 0 Å². The molecule has 2 heteroatoms. The van der Waals surface area contributed by atoms with Crippen molar-refractivity contribution in [2.45, 2.75) is 19.8 Å². The molecule has 1 aliphatic rings. The first-order valence-corrected chi connectivity index (χ1v) is 5.59. The molecule has 78 valence electrons. The van der Waals surface area contributed by atoms with Crippen molar-refractivity contribution in [2.75, 3.05) is 18.0 Å². The summed E-state index contributed by atoms with van der Waals surface area (Å²) in [4.78, 5) is 2.32. The summed E-state index contributed by atoms with van der Waals surface area (Å²) in [5, 5.41) is 9.04. The van der Waals surface area contributed by atoms with Crippen LogP contribution in [0, 0.1) is 17.2 Å². The van der Waals surface area contributed by atoms with Crippen molar-refractivity contribution in [3.8, 4) is 6.07 Å². The average Bonchev–Trinajstić information content (AvgIpc) is 3.10. The third-order valence-corrected chi connectivity index (χ3v) is 2.92. The fraction of sp³-hybridized carbons (Fsp3) is 0.462. The van der Waals surface area contributed by atoms with Crippen molar-refractivity contribution in [2.24, 2.45) is 5.92 Å². The quantitative estimate of drug-likeness (QED) is 0.747. The molecule has 15 heavy (non-hydrogen) atoms. The predicted molar refractivity (Wildman–Crippen MR) is 61.8 cm³/mol. The van der Waals surface area contributed by atoms with Gasteiger partial charge in [0, 0.05) is 13.1 Å². The van der Waals surface area contributed by atoms with Crippen molar-refractivity contribution in [1.82, 2.24) is 0 Å². The minimum absolute atomic E-state index is 0.792. The molecule has 0 aliphatic heterocycles. The smallest absolute Gasteiger partial charge is 0.101 e.